The Balaban J connectivity index is 1.65. The van der Waals surface area contributed by atoms with Gasteiger partial charge < -0.3 is 15.7 Å². The van der Waals surface area contributed by atoms with Crippen molar-refractivity contribution in [2.75, 3.05) is 7.05 Å². The molecular formula is C20H20N2O3. The first-order chi connectivity index (χ1) is 12.1. The van der Waals surface area contributed by atoms with Gasteiger partial charge in [0, 0.05) is 25.1 Å². The Morgan fingerprint density at radius 3 is 2.56 bits per heavy atom. The molecular weight excluding hydrogens is 316 g/mol. The normalized spacial score (nSPS) is 18.8. The fourth-order valence-corrected chi connectivity index (χ4v) is 3.01. The van der Waals surface area contributed by atoms with Crippen molar-refractivity contribution in [1.29, 1.82) is 0 Å². The standard InChI is InChI=1S/C20H20N2O3/c1-21-20(25)14-9-6-13(7-10-14)8-11-18(24)22-19-16-5-3-2-4-15(16)12-17(19)23/h2-11,17,19,23H,12H2,1H3,(H,21,25)(H,22,24)/b11-8+/t17-,19+/m1/s1. The third kappa shape index (κ3) is 3.78. The van der Waals surface area contributed by atoms with Crippen molar-refractivity contribution < 1.29 is 14.7 Å². The van der Waals surface area contributed by atoms with Crippen LogP contribution in [0.15, 0.2) is 54.6 Å². The summed E-state index contributed by atoms with van der Waals surface area (Å²) in [4.78, 5) is 23.7. The highest BCUT2D eigenvalue weighted by Gasteiger charge is 2.31. The van der Waals surface area contributed by atoms with Gasteiger partial charge in [-0.15, -0.1) is 0 Å². The Bertz CT molecular complexity index is 812. The maximum Gasteiger partial charge on any atom is 0.251 e. The molecule has 0 heterocycles. The summed E-state index contributed by atoms with van der Waals surface area (Å²) in [6.45, 7) is 0. The van der Waals surface area contributed by atoms with E-state index >= 15 is 0 Å². The second-order valence-electron chi connectivity index (χ2n) is 5.99. The van der Waals surface area contributed by atoms with E-state index in [0.29, 0.717) is 12.0 Å². The molecule has 0 fully saturated rings. The van der Waals surface area contributed by atoms with Crippen LogP contribution in [0.3, 0.4) is 0 Å². The van der Waals surface area contributed by atoms with Crippen LogP contribution in [0.1, 0.15) is 33.1 Å². The van der Waals surface area contributed by atoms with Gasteiger partial charge in [-0.05, 0) is 34.9 Å². The first kappa shape index (κ1) is 16.9. The molecule has 5 heteroatoms. The molecule has 0 saturated heterocycles. The summed E-state index contributed by atoms with van der Waals surface area (Å²) in [6, 6.07) is 14.3. The number of carbonyl (C=O) groups excluding carboxylic acids is 2. The van der Waals surface area contributed by atoms with Crippen molar-refractivity contribution in [2.45, 2.75) is 18.6 Å². The second kappa shape index (κ2) is 7.32. The number of hydrogen-bond acceptors (Lipinski definition) is 3. The number of aliphatic hydroxyl groups excluding tert-OH is 1. The van der Waals surface area contributed by atoms with Crippen LogP contribution in [0.5, 0.6) is 0 Å². The number of benzene rings is 2. The Morgan fingerprint density at radius 1 is 1.12 bits per heavy atom. The SMILES string of the molecule is CNC(=O)c1ccc(/C=C/C(=O)N[C@H]2c3ccccc3C[C@H]2O)cc1. The maximum absolute atomic E-state index is 12.2. The van der Waals surface area contributed by atoms with Crippen molar-refractivity contribution in [3.05, 3.63) is 76.9 Å². The third-order valence-electron chi connectivity index (χ3n) is 4.33. The molecule has 0 aromatic heterocycles. The van der Waals surface area contributed by atoms with Crippen LogP contribution in [-0.2, 0) is 11.2 Å². The number of rotatable bonds is 4. The molecule has 0 bridgehead atoms. The summed E-state index contributed by atoms with van der Waals surface area (Å²) in [6.07, 6.45) is 3.05. The Labute approximate surface area is 146 Å². The Hall–Kier alpha value is -2.92. The first-order valence-electron chi connectivity index (χ1n) is 8.15. The second-order valence-corrected chi connectivity index (χ2v) is 5.99. The van der Waals surface area contributed by atoms with Crippen LogP contribution >= 0.6 is 0 Å². The van der Waals surface area contributed by atoms with E-state index in [1.807, 2.05) is 24.3 Å². The smallest absolute Gasteiger partial charge is 0.251 e. The van der Waals surface area contributed by atoms with Gasteiger partial charge in [0.15, 0.2) is 0 Å². The molecule has 5 nitrogen and oxygen atoms in total. The summed E-state index contributed by atoms with van der Waals surface area (Å²) in [7, 11) is 1.58. The quantitative estimate of drug-likeness (QED) is 0.746. The van der Waals surface area contributed by atoms with Gasteiger partial charge in [-0.2, -0.15) is 0 Å². The summed E-state index contributed by atoms with van der Waals surface area (Å²) >= 11 is 0. The Morgan fingerprint density at radius 2 is 1.84 bits per heavy atom. The average molecular weight is 336 g/mol. The third-order valence-corrected chi connectivity index (χ3v) is 4.33. The maximum atomic E-state index is 12.2. The highest BCUT2D eigenvalue weighted by molar-refractivity contribution is 5.95. The van der Waals surface area contributed by atoms with Gasteiger partial charge in [0.1, 0.15) is 0 Å². The molecule has 0 radical (unpaired) electrons. The fourth-order valence-electron chi connectivity index (χ4n) is 3.01. The zero-order valence-corrected chi connectivity index (χ0v) is 13.9. The number of amides is 2. The van der Waals surface area contributed by atoms with E-state index in [0.717, 1.165) is 16.7 Å². The minimum absolute atomic E-state index is 0.151. The fraction of sp³-hybridized carbons (Fsp3) is 0.200. The molecule has 1 aliphatic rings. The van der Waals surface area contributed by atoms with Gasteiger partial charge >= 0.3 is 0 Å². The van der Waals surface area contributed by atoms with Crippen molar-refractivity contribution in [1.82, 2.24) is 10.6 Å². The minimum atomic E-state index is -0.610. The Kier molecular flexibility index (Phi) is 4.95. The molecule has 0 unspecified atom stereocenters. The van der Waals surface area contributed by atoms with Crippen LogP contribution in [0.2, 0.25) is 0 Å². The monoisotopic (exact) mass is 336 g/mol. The lowest BCUT2D eigenvalue weighted by Gasteiger charge is -2.16. The molecule has 0 spiro atoms. The molecule has 2 aromatic carbocycles. The van der Waals surface area contributed by atoms with E-state index in [1.165, 1.54) is 6.08 Å². The van der Waals surface area contributed by atoms with Crippen LogP contribution in [0, 0.1) is 0 Å². The number of hydrogen-bond donors (Lipinski definition) is 3. The average Bonchev–Trinajstić information content (AvgIpc) is 2.95. The largest absolute Gasteiger partial charge is 0.390 e. The lowest BCUT2D eigenvalue weighted by atomic mass is 10.1. The molecule has 0 aliphatic heterocycles. The minimum Gasteiger partial charge on any atom is -0.390 e. The number of fused-ring (bicyclic) bond motifs is 1. The predicted molar refractivity (Wildman–Crippen MR) is 95.9 cm³/mol. The lowest BCUT2D eigenvalue weighted by molar-refractivity contribution is -0.117. The zero-order valence-electron chi connectivity index (χ0n) is 13.9. The van der Waals surface area contributed by atoms with E-state index < -0.39 is 6.10 Å². The van der Waals surface area contributed by atoms with Gasteiger partial charge in [0.2, 0.25) is 5.91 Å². The summed E-state index contributed by atoms with van der Waals surface area (Å²) < 4.78 is 0. The van der Waals surface area contributed by atoms with Crippen LogP contribution in [-0.4, -0.2) is 30.1 Å². The molecule has 3 rings (SSSR count). The summed E-state index contributed by atoms with van der Waals surface area (Å²) in [5.74, 6) is -0.418. The first-order valence-corrected chi connectivity index (χ1v) is 8.15. The van der Waals surface area contributed by atoms with Gasteiger partial charge in [0.25, 0.3) is 5.91 Å². The highest BCUT2D eigenvalue weighted by Crippen LogP contribution is 2.31. The molecule has 1 aliphatic carbocycles. The van der Waals surface area contributed by atoms with Crippen LogP contribution in [0.4, 0.5) is 0 Å². The van der Waals surface area contributed by atoms with Crippen LogP contribution < -0.4 is 10.6 Å². The molecule has 25 heavy (non-hydrogen) atoms. The predicted octanol–water partition coefficient (Wildman–Crippen LogP) is 1.83. The summed E-state index contributed by atoms with van der Waals surface area (Å²) in [5.41, 5.74) is 3.41. The molecule has 2 atom stereocenters. The van der Waals surface area contributed by atoms with Gasteiger partial charge in [0.05, 0.1) is 12.1 Å². The van der Waals surface area contributed by atoms with Gasteiger partial charge in [-0.25, -0.2) is 0 Å². The van der Waals surface area contributed by atoms with Crippen molar-refractivity contribution >= 4 is 17.9 Å². The van der Waals surface area contributed by atoms with E-state index in [1.54, 1.807) is 37.4 Å². The summed E-state index contributed by atoms with van der Waals surface area (Å²) in [5, 5.41) is 15.6. The van der Waals surface area contributed by atoms with Gasteiger partial charge in [-0.3, -0.25) is 9.59 Å². The van der Waals surface area contributed by atoms with E-state index in [4.69, 9.17) is 0 Å². The number of nitrogens with one attached hydrogen (secondary N) is 2. The van der Waals surface area contributed by atoms with Crippen molar-refractivity contribution in [3.63, 3.8) is 0 Å². The van der Waals surface area contributed by atoms with Gasteiger partial charge in [-0.1, -0.05) is 36.4 Å². The number of aliphatic hydroxyl groups is 1. The molecule has 128 valence electrons. The lowest BCUT2D eigenvalue weighted by Crippen LogP contribution is -2.32. The molecule has 3 N–H and O–H groups in total. The van der Waals surface area contributed by atoms with Crippen LogP contribution in [0.25, 0.3) is 6.08 Å². The highest BCUT2D eigenvalue weighted by atomic mass is 16.3. The van der Waals surface area contributed by atoms with Crippen molar-refractivity contribution in [3.8, 4) is 0 Å². The van der Waals surface area contributed by atoms with Crippen molar-refractivity contribution in [2.24, 2.45) is 0 Å². The molecule has 2 aromatic rings. The zero-order chi connectivity index (χ0) is 17.8. The topological polar surface area (TPSA) is 78.4 Å². The van der Waals surface area contributed by atoms with E-state index in [9.17, 15) is 14.7 Å². The number of carbonyl (C=O) groups is 2. The van der Waals surface area contributed by atoms with E-state index in [-0.39, 0.29) is 17.9 Å². The molecule has 2 amide bonds. The van der Waals surface area contributed by atoms with E-state index in [2.05, 4.69) is 10.6 Å². The molecule has 0 saturated carbocycles.